The third-order valence-electron chi connectivity index (χ3n) is 2.71. The molecular formula is C9H16F2N2O. The van der Waals surface area contributed by atoms with Crippen molar-refractivity contribution in [2.45, 2.75) is 32.2 Å². The standard InChI is InChI=1S/C9H16F2N2O/c1-3-9(10,11)8(14)13-4-6(2)7(12)5-13/h6-7H,3-5,12H2,1-2H3. The summed E-state index contributed by atoms with van der Waals surface area (Å²) >= 11 is 0. The van der Waals surface area contributed by atoms with E-state index >= 15 is 0 Å². The number of hydrogen-bond donors (Lipinski definition) is 1. The largest absolute Gasteiger partial charge is 0.336 e. The van der Waals surface area contributed by atoms with Gasteiger partial charge in [-0.2, -0.15) is 8.78 Å². The van der Waals surface area contributed by atoms with E-state index in [1.807, 2.05) is 6.92 Å². The lowest BCUT2D eigenvalue weighted by Crippen LogP contribution is -2.42. The molecule has 2 atom stereocenters. The molecular weight excluding hydrogens is 190 g/mol. The molecule has 2 unspecified atom stereocenters. The van der Waals surface area contributed by atoms with Crippen LogP contribution in [0.3, 0.4) is 0 Å². The van der Waals surface area contributed by atoms with E-state index in [9.17, 15) is 13.6 Å². The molecule has 0 aromatic rings. The zero-order valence-electron chi connectivity index (χ0n) is 8.46. The monoisotopic (exact) mass is 206 g/mol. The van der Waals surface area contributed by atoms with Gasteiger partial charge in [-0.1, -0.05) is 13.8 Å². The maximum atomic E-state index is 13.0. The summed E-state index contributed by atoms with van der Waals surface area (Å²) in [7, 11) is 0. The van der Waals surface area contributed by atoms with Crippen molar-refractivity contribution in [3.8, 4) is 0 Å². The number of carbonyl (C=O) groups is 1. The van der Waals surface area contributed by atoms with Gasteiger partial charge in [0, 0.05) is 25.6 Å². The average molecular weight is 206 g/mol. The van der Waals surface area contributed by atoms with Crippen molar-refractivity contribution in [3.05, 3.63) is 0 Å². The molecule has 1 saturated heterocycles. The second-order valence-electron chi connectivity index (χ2n) is 3.91. The summed E-state index contributed by atoms with van der Waals surface area (Å²) in [6, 6.07) is -0.174. The highest BCUT2D eigenvalue weighted by atomic mass is 19.3. The number of halogens is 2. The van der Waals surface area contributed by atoms with Gasteiger partial charge in [0.15, 0.2) is 0 Å². The van der Waals surface area contributed by atoms with E-state index in [1.54, 1.807) is 0 Å². The minimum absolute atomic E-state index is 0.103. The van der Waals surface area contributed by atoms with Gasteiger partial charge in [0.05, 0.1) is 0 Å². The molecule has 1 heterocycles. The first-order valence-corrected chi connectivity index (χ1v) is 4.81. The van der Waals surface area contributed by atoms with Gasteiger partial charge in [0.2, 0.25) is 0 Å². The van der Waals surface area contributed by atoms with E-state index in [-0.39, 0.29) is 18.5 Å². The van der Waals surface area contributed by atoms with E-state index < -0.39 is 18.3 Å². The zero-order chi connectivity index (χ0) is 10.9. The van der Waals surface area contributed by atoms with Crippen LogP contribution in [0.25, 0.3) is 0 Å². The Balaban J connectivity index is 2.64. The normalized spacial score (nSPS) is 28.2. The number of likely N-dealkylation sites (tertiary alicyclic amines) is 1. The molecule has 1 rings (SSSR count). The van der Waals surface area contributed by atoms with Crippen LogP contribution in [0.1, 0.15) is 20.3 Å². The molecule has 0 radical (unpaired) electrons. The van der Waals surface area contributed by atoms with Gasteiger partial charge in [0.1, 0.15) is 0 Å². The Bertz CT molecular complexity index is 223. The summed E-state index contributed by atoms with van der Waals surface area (Å²) in [6.07, 6.45) is -0.452. The molecule has 1 aliphatic rings. The Morgan fingerprint density at radius 3 is 2.50 bits per heavy atom. The molecule has 5 heteroatoms. The quantitative estimate of drug-likeness (QED) is 0.727. The van der Waals surface area contributed by atoms with Crippen molar-refractivity contribution in [1.29, 1.82) is 0 Å². The molecule has 82 valence electrons. The predicted octanol–water partition coefficient (Wildman–Crippen LogP) is 0.837. The second-order valence-corrected chi connectivity index (χ2v) is 3.91. The van der Waals surface area contributed by atoms with Crippen LogP contribution in [-0.4, -0.2) is 35.9 Å². The van der Waals surface area contributed by atoms with Crippen molar-refractivity contribution in [2.75, 3.05) is 13.1 Å². The van der Waals surface area contributed by atoms with Crippen molar-refractivity contribution < 1.29 is 13.6 Å². The molecule has 2 N–H and O–H groups in total. The highest BCUT2D eigenvalue weighted by Crippen LogP contribution is 2.24. The number of rotatable bonds is 2. The fourth-order valence-electron chi connectivity index (χ4n) is 1.54. The summed E-state index contributed by atoms with van der Waals surface area (Å²) in [6.45, 7) is 3.75. The summed E-state index contributed by atoms with van der Waals surface area (Å²) in [5, 5.41) is 0. The van der Waals surface area contributed by atoms with Crippen molar-refractivity contribution >= 4 is 5.91 Å². The highest BCUT2D eigenvalue weighted by molar-refractivity contribution is 5.83. The lowest BCUT2D eigenvalue weighted by atomic mass is 10.1. The summed E-state index contributed by atoms with van der Waals surface area (Å²) < 4.78 is 26.0. The van der Waals surface area contributed by atoms with E-state index in [0.717, 1.165) is 0 Å². The minimum Gasteiger partial charge on any atom is -0.336 e. The lowest BCUT2D eigenvalue weighted by Gasteiger charge is -2.21. The van der Waals surface area contributed by atoms with Crippen LogP contribution in [0, 0.1) is 5.92 Å². The minimum atomic E-state index is -3.23. The molecule has 0 spiro atoms. The fourth-order valence-corrected chi connectivity index (χ4v) is 1.54. The van der Waals surface area contributed by atoms with Crippen LogP contribution in [0.2, 0.25) is 0 Å². The third-order valence-corrected chi connectivity index (χ3v) is 2.71. The smallest absolute Gasteiger partial charge is 0.324 e. The number of carbonyl (C=O) groups excluding carboxylic acids is 1. The molecule has 14 heavy (non-hydrogen) atoms. The van der Waals surface area contributed by atoms with Crippen LogP contribution < -0.4 is 5.73 Å². The number of amides is 1. The fraction of sp³-hybridized carbons (Fsp3) is 0.889. The maximum Gasteiger partial charge on any atom is 0.324 e. The van der Waals surface area contributed by atoms with Crippen LogP contribution in [-0.2, 0) is 4.79 Å². The van der Waals surface area contributed by atoms with E-state index in [0.29, 0.717) is 6.54 Å². The van der Waals surface area contributed by atoms with Crippen LogP contribution >= 0.6 is 0 Å². The Hall–Kier alpha value is -0.710. The molecule has 1 fully saturated rings. The van der Waals surface area contributed by atoms with Crippen molar-refractivity contribution in [1.82, 2.24) is 4.90 Å². The van der Waals surface area contributed by atoms with Gasteiger partial charge < -0.3 is 10.6 Å². The summed E-state index contributed by atoms with van der Waals surface area (Å²) in [4.78, 5) is 12.5. The lowest BCUT2D eigenvalue weighted by molar-refractivity contribution is -0.156. The molecule has 0 aromatic carbocycles. The maximum absolute atomic E-state index is 13.0. The van der Waals surface area contributed by atoms with E-state index in [2.05, 4.69) is 0 Å². The average Bonchev–Trinajstić information content (AvgIpc) is 2.45. The van der Waals surface area contributed by atoms with Gasteiger partial charge in [-0.15, -0.1) is 0 Å². The van der Waals surface area contributed by atoms with E-state index in [1.165, 1.54) is 11.8 Å². The Labute approximate surface area is 82.2 Å². The van der Waals surface area contributed by atoms with Gasteiger partial charge >= 0.3 is 5.92 Å². The second kappa shape index (κ2) is 3.81. The molecule has 0 aromatic heterocycles. The van der Waals surface area contributed by atoms with Crippen LogP contribution in [0.15, 0.2) is 0 Å². The zero-order valence-corrected chi connectivity index (χ0v) is 8.46. The number of nitrogens with two attached hydrogens (primary N) is 1. The predicted molar refractivity (Wildman–Crippen MR) is 49.0 cm³/mol. The summed E-state index contributed by atoms with van der Waals surface area (Å²) in [5.41, 5.74) is 5.65. The molecule has 1 amide bonds. The van der Waals surface area contributed by atoms with Crippen molar-refractivity contribution in [2.24, 2.45) is 11.7 Å². The number of nitrogens with zero attached hydrogens (tertiary/aromatic N) is 1. The first-order valence-electron chi connectivity index (χ1n) is 4.81. The molecule has 0 bridgehead atoms. The molecule has 3 nitrogen and oxygen atoms in total. The first kappa shape index (κ1) is 11.4. The van der Waals surface area contributed by atoms with Gasteiger partial charge in [-0.05, 0) is 5.92 Å². The number of alkyl halides is 2. The van der Waals surface area contributed by atoms with Gasteiger partial charge in [-0.25, -0.2) is 0 Å². The number of hydrogen-bond acceptors (Lipinski definition) is 2. The first-order chi connectivity index (χ1) is 6.38. The SMILES string of the molecule is CCC(F)(F)C(=O)N1CC(C)C(N)C1. The van der Waals surface area contributed by atoms with Gasteiger partial charge in [0.25, 0.3) is 5.91 Å². The van der Waals surface area contributed by atoms with Gasteiger partial charge in [-0.3, -0.25) is 4.79 Å². The third kappa shape index (κ3) is 2.03. The topological polar surface area (TPSA) is 46.3 Å². The van der Waals surface area contributed by atoms with Crippen LogP contribution in [0.4, 0.5) is 8.78 Å². The van der Waals surface area contributed by atoms with Crippen LogP contribution in [0.5, 0.6) is 0 Å². The molecule has 1 aliphatic heterocycles. The molecule has 0 aliphatic carbocycles. The summed E-state index contributed by atoms with van der Waals surface area (Å²) in [5.74, 6) is -4.21. The van der Waals surface area contributed by atoms with Crippen molar-refractivity contribution in [3.63, 3.8) is 0 Å². The Kier molecular flexibility index (Phi) is 3.09. The van der Waals surface area contributed by atoms with E-state index in [4.69, 9.17) is 5.73 Å². The molecule has 0 saturated carbocycles. The highest BCUT2D eigenvalue weighted by Gasteiger charge is 2.43. The Morgan fingerprint density at radius 1 is 1.57 bits per heavy atom. The Morgan fingerprint density at radius 2 is 2.14 bits per heavy atom.